The quantitative estimate of drug-likeness (QED) is 0.765. The van der Waals surface area contributed by atoms with E-state index in [1.165, 1.54) is 0 Å². The number of aromatic nitrogens is 4. The Morgan fingerprint density at radius 1 is 1.42 bits per heavy atom. The van der Waals surface area contributed by atoms with Gasteiger partial charge in [-0.2, -0.15) is 0 Å². The van der Waals surface area contributed by atoms with E-state index in [-0.39, 0.29) is 11.8 Å². The number of hydrogen-bond donors (Lipinski definition) is 2. The molecule has 0 aliphatic carbocycles. The zero-order valence-electron chi connectivity index (χ0n) is 13.6. The number of nitrogens with zero attached hydrogens (tertiary/aromatic N) is 4. The average molecular weight is 324 g/mol. The number of fused-ring (bicyclic) bond motifs is 3. The maximum Gasteiger partial charge on any atom is 0.224 e. The third-order valence-corrected chi connectivity index (χ3v) is 4.60. The molecule has 1 atom stereocenters. The highest BCUT2D eigenvalue weighted by atomic mass is 16.1. The Balaban J connectivity index is 1.67. The molecular weight excluding hydrogens is 304 g/mol. The SMILES string of the molecule is CCCNC(=O)C1CCN(c2ccnc3nnc4[nH]ccc4c23)C1. The summed E-state index contributed by atoms with van der Waals surface area (Å²) in [4.78, 5) is 21.9. The third-order valence-electron chi connectivity index (χ3n) is 4.60. The van der Waals surface area contributed by atoms with Crippen molar-refractivity contribution in [1.82, 2.24) is 25.5 Å². The van der Waals surface area contributed by atoms with Gasteiger partial charge in [-0.05, 0) is 25.0 Å². The summed E-state index contributed by atoms with van der Waals surface area (Å²) < 4.78 is 0. The molecule has 2 N–H and O–H groups in total. The fraction of sp³-hybridized carbons (Fsp3) is 0.412. The van der Waals surface area contributed by atoms with Crippen LogP contribution in [0.2, 0.25) is 0 Å². The number of carbonyl (C=O) groups is 1. The van der Waals surface area contributed by atoms with Gasteiger partial charge >= 0.3 is 0 Å². The summed E-state index contributed by atoms with van der Waals surface area (Å²) in [6.07, 6.45) is 5.45. The van der Waals surface area contributed by atoms with Crippen molar-refractivity contribution in [3.63, 3.8) is 0 Å². The number of hydrogen-bond acceptors (Lipinski definition) is 5. The van der Waals surface area contributed by atoms with E-state index in [0.29, 0.717) is 5.65 Å². The lowest BCUT2D eigenvalue weighted by Crippen LogP contribution is -2.33. The molecule has 1 saturated heterocycles. The summed E-state index contributed by atoms with van der Waals surface area (Å²) in [5, 5.41) is 13.4. The van der Waals surface area contributed by atoms with Gasteiger partial charge in [0, 0.05) is 37.4 Å². The molecule has 1 unspecified atom stereocenters. The number of anilines is 1. The Hall–Kier alpha value is -2.70. The predicted molar refractivity (Wildman–Crippen MR) is 92.8 cm³/mol. The molecule has 4 rings (SSSR count). The highest BCUT2D eigenvalue weighted by Crippen LogP contribution is 2.33. The van der Waals surface area contributed by atoms with E-state index in [1.54, 1.807) is 6.20 Å². The van der Waals surface area contributed by atoms with E-state index >= 15 is 0 Å². The van der Waals surface area contributed by atoms with Crippen LogP contribution in [0.4, 0.5) is 5.69 Å². The Morgan fingerprint density at radius 2 is 2.33 bits per heavy atom. The second kappa shape index (κ2) is 6.07. The molecule has 3 aromatic heterocycles. The number of nitrogens with one attached hydrogen (secondary N) is 2. The van der Waals surface area contributed by atoms with Crippen molar-refractivity contribution in [2.45, 2.75) is 19.8 Å². The first-order valence-electron chi connectivity index (χ1n) is 8.39. The second-order valence-electron chi connectivity index (χ2n) is 6.19. The van der Waals surface area contributed by atoms with Gasteiger partial charge in [0.05, 0.1) is 17.0 Å². The Bertz CT molecular complexity index is 889. The number of aromatic amines is 1. The molecule has 0 bridgehead atoms. The molecular formula is C17H20N6O. The molecule has 0 aromatic carbocycles. The van der Waals surface area contributed by atoms with Crippen LogP contribution in [0.15, 0.2) is 24.5 Å². The van der Waals surface area contributed by atoms with Gasteiger partial charge in [0.15, 0.2) is 11.3 Å². The zero-order chi connectivity index (χ0) is 16.5. The zero-order valence-corrected chi connectivity index (χ0v) is 13.6. The van der Waals surface area contributed by atoms with Crippen LogP contribution in [0.5, 0.6) is 0 Å². The predicted octanol–water partition coefficient (Wildman–Crippen LogP) is 1.86. The van der Waals surface area contributed by atoms with Crippen molar-refractivity contribution >= 4 is 33.7 Å². The van der Waals surface area contributed by atoms with Gasteiger partial charge in [-0.25, -0.2) is 4.98 Å². The summed E-state index contributed by atoms with van der Waals surface area (Å²) >= 11 is 0. The monoisotopic (exact) mass is 324 g/mol. The summed E-state index contributed by atoms with van der Waals surface area (Å²) in [7, 11) is 0. The van der Waals surface area contributed by atoms with Gasteiger partial charge in [-0.3, -0.25) is 4.79 Å². The van der Waals surface area contributed by atoms with Gasteiger partial charge in [-0.1, -0.05) is 6.92 Å². The highest BCUT2D eigenvalue weighted by molar-refractivity contribution is 6.08. The molecule has 0 spiro atoms. The van der Waals surface area contributed by atoms with Gasteiger partial charge in [0.1, 0.15) is 0 Å². The highest BCUT2D eigenvalue weighted by Gasteiger charge is 2.29. The Morgan fingerprint density at radius 3 is 3.21 bits per heavy atom. The van der Waals surface area contributed by atoms with Gasteiger partial charge in [0.2, 0.25) is 5.91 Å². The van der Waals surface area contributed by atoms with Crippen molar-refractivity contribution in [3.05, 3.63) is 24.5 Å². The molecule has 7 heteroatoms. The number of amides is 1. The van der Waals surface area contributed by atoms with Gasteiger partial charge in [-0.15, -0.1) is 10.2 Å². The van der Waals surface area contributed by atoms with E-state index in [0.717, 1.165) is 54.6 Å². The van der Waals surface area contributed by atoms with Crippen LogP contribution < -0.4 is 10.2 Å². The summed E-state index contributed by atoms with van der Waals surface area (Å²) in [6, 6.07) is 4.00. The lowest BCUT2D eigenvalue weighted by molar-refractivity contribution is -0.124. The van der Waals surface area contributed by atoms with E-state index in [4.69, 9.17) is 0 Å². The third kappa shape index (κ3) is 2.46. The lowest BCUT2D eigenvalue weighted by atomic mass is 10.1. The number of H-pyrrole nitrogens is 1. The maximum absolute atomic E-state index is 12.2. The molecule has 1 amide bonds. The molecule has 0 radical (unpaired) electrons. The minimum absolute atomic E-state index is 0.0382. The molecule has 7 nitrogen and oxygen atoms in total. The minimum atomic E-state index is 0.0382. The second-order valence-corrected chi connectivity index (χ2v) is 6.19. The van der Waals surface area contributed by atoms with Crippen molar-refractivity contribution in [3.8, 4) is 0 Å². The first-order valence-corrected chi connectivity index (χ1v) is 8.39. The smallest absolute Gasteiger partial charge is 0.224 e. The summed E-state index contributed by atoms with van der Waals surface area (Å²) in [5.41, 5.74) is 2.47. The van der Waals surface area contributed by atoms with E-state index in [9.17, 15) is 4.79 Å². The van der Waals surface area contributed by atoms with Crippen LogP contribution >= 0.6 is 0 Å². The molecule has 0 saturated carbocycles. The van der Waals surface area contributed by atoms with Crippen LogP contribution in [-0.4, -0.2) is 45.7 Å². The molecule has 4 heterocycles. The first kappa shape index (κ1) is 14.9. The van der Waals surface area contributed by atoms with Gasteiger partial charge < -0.3 is 15.2 Å². The normalized spacial score (nSPS) is 17.7. The number of carbonyl (C=O) groups excluding carboxylic acids is 1. The summed E-state index contributed by atoms with van der Waals surface area (Å²) in [5.74, 6) is 0.195. The molecule has 124 valence electrons. The first-order chi connectivity index (χ1) is 11.8. The van der Waals surface area contributed by atoms with Gasteiger partial charge in [0.25, 0.3) is 0 Å². The molecule has 3 aromatic rings. The minimum Gasteiger partial charge on any atom is -0.370 e. The Labute approximate surface area is 139 Å². The standard InChI is InChI=1S/C17H20N6O/c1-2-6-20-17(24)11-5-9-23(10-11)13-4-8-19-16-14(13)12-3-7-18-15(12)21-22-16/h3-4,7-8,11H,2,5-6,9-10H2,1H3,(H,18,21)(H,20,24). The summed E-state index contributed by atoms with van der Waals surface area (Å²) in [6.45, 7) is 4.39. The fourth-order valence-corrected chi connectivity index (χ4v) is 3.37. The Kier molecular flexibility index (Phi) is 3.76. The van der Waals surface area contributed by atoms with Crippen molar-refractivity contribution in [2.24, 2.45) is 5.92 Å². The fourth-order valence-electron chi connectivity index (χ4n) is 3.37. The van der Waals surface area contributed by atoms with E-state index in [1.807, 2.05) is 18.3 Å². The number of pyridine rings is 1. The van der Waals surface area contributed by atoms with Crippen LogP contribution in [0, 0.1) is 5.92 Å². The van der Waals surface area contributed by atoms with Crippen molar-refractivity contribution in [2.75, 3.05) is 24.5 Å². The molecule has 1 aliphatic rings. The topological polar surface area (TPSA) is 86.8 Å². The largest absolute Gasteiger partial charge is 0.370 e. The van der Waals surface area contributed by atoms with E-state index < -0.39 is 0 Å². The van der Waals surface area contributed by atoms with Crippen LogP contribution in [0.3, 0.4) is 0 Å². The maximum atomic E-state index is 12.2. The number of rotatable bonds is 4. The van der Waals surface area contributed by atoms with Crippen LogP contribution in [0.1, 0.15) is 19.8 Å². The molecule has 24 heavy (non-hydrogen) atoms. The molecule has 1 aliphatic heterocycles. The van der Waals surface area contributed by atoms with Crippen molar-refractivity contribution < 1.29 is 4.79 Å². The van der Waals surface area contributed by atoms with Crippen molar-refractivity contribution in [1.29, 1.82) is 0 Å². The lowest BCUT2D eigenvalue weighted by Gasteiger charge is -2.20. The van der Waals surface area contributed by atoms with Crippen LogP contribution in [-0.2, 0) is 4.79 Å². The van der Waals surface area contributed by atoms with E-state index in [2.05, 4.69) is 37.3 Å². The average Bonchev–Trinajstić information content (AvgIpc) is 3.28. The van der Waals surface area contributed by atoms with Crippen LogP contribution in [0.25, 0.3) is 22.1 Å². The molecule has 1 fully saturated rings.